The van der Waals surface area contributed by atoms with E-state index in [1.165, 1.54) is 11.8 Å². The monoisotopic (exact) mass is 300 g/mol. The number of hydrogen-bond donors (Lipinski definition) is 2. The van der Waals surface area contributed by atoms with Crippen LogP contribution < -0.4 is 5.32 Å². The SMILES string of the molecule is CCCNc1nc(C)c([N+](=O)[O-])c(SC(C)CCO)n1. The Labute approximate surface area is 122 Å². The number of aryl methyl sites for hydroxylation is 1. The number of thioether (sulfide) groups is 1. The fourth-order valence-electron chi connectivity index (χ4n) is 1.58. The Kier molecular flexibility index (Phi) is 6.66. The van der Waals surface area contributed by atoms with E-state index in [2.05, 4.69) is 15.3 Å². The number of aliphatic hydroxyl groups excluding tert-OH is 1. The second-order valence-corrected chi connectivity index (χ2v) is 5.84. The Morgan fingerprint density at radius 1 is 1.50 bits per heavy atom. The van der Waals surface area contributed by atoms with E-state index in [-0.39, 0.29) is 17.5 Å². The summed E-state index contributed by atoms with van der Waals surface area (Å²) in [6.07, 6.45) is 1.48. The molecule has 1 aromatic heterocycles. The molecular weight excluding hydrogens is 280 g/mol. The highest BCUT2D eigenvalue weighted by Crippen LogP contribution is 2.33. The van der Waals surface area contributed by atoms with Gasteiger partial charge in [0.1, 0.15) is 5.69 Å². The molecule has 0 bridgehead atoms. The van der Waals surface area contributed by atoms with Crippen LogP contribution in [0.3, 0.4) is 0 Å². The van der Waals surface area contributed by atoms with Crippen molar-refractivity contribution in [3.8, 4) is 0 Å². The summed E-state index contributed by atoms with van der Waals surface area (Å²) in [4.78, 5) is 19.0. The standard InChI is InChI=1S/C12H20N4O3S/c1-4-6-13-12-14-9(3)10(16(18)19)11(15-12)20-8(2)5-7-17/h8,17H,4-7H2,1-3H3,(H,13,14,15). The van der Waals surface area contributed by atoms with E-state index in [4.69, 9.17) is 5.11 Å². The number of aliphatic hydroxyl groups is 1. The van der Waals surface area contributed by atoms with Gasteiger partial charge in [0.2, 0.25) is 5.95 Å². The van der Waals surface area contributed by atoms with Crippen LogP contribution in [0.25, 0.3) is 0 Å². The first-order valence-corrected chi connectivity index (χ1v) is 7.42. The number of nitrogens with zero attached hydrogens (tertiary/aromatic N) is 3. The number of nitro groups is 1. The van der Waals surface area contributed by atoms with Crippen molar-refractivity contribution >= 4 is 23.4 Å². The molecule has 112 valence electrons. The van der Waals surface area contributed by atoms with Crippen LogP contribution in [-0.2, 0) is 0 Å². The summed E-state index contributed by atoms with van der Waals surface area (Å²) in [5, 5.41) is 23.5. The highest BCUT2D eigenvalue weighted by molar-refractivity contribution is 8.00. The molecule has 1 rings (SSSR count). The molecule has 20 heavy (non-hydrogen) atoms. The second kappa shape index (κ2) is 8.01. The number of hydrogen-bond acceptors (Lipinski definition) is 7. The van der Waals surface area contributed by atoms with Crippen LogP contribution in [0.2, 0.25) is 0 Å². The number of nitrogens with one attached hydrogen (secondary N) is 1. The van der Waals surface area contributed by atoms with Gasteiger partial charge in [-0.15, -0.1) is 0 Å². The first-order valence-electron chi connectivity index (χ1n) is 6.54. The lowest BCUT2D eigenvalue weighted by Crippen LogP contribution is -2.09. The summed E-state index contributed by atoms with van der Waals surface area (Å²) in [7, 11) is 0. The first-order chi connectivity index (χ1) is 9.49. The molecule has 1 unspecified atom stereocenters. The molecule has 7 nitrogen and oxygen atoms in total. The first kappa shape index (κ1) is 16.6. The van der Waals surface area contributed by atoms with Gasteiger partial charge >= 0.3 is 5.69 Å². The van der Waals surface area contributed by atoms with E-state index in [1.54, 1.807) is 6.92 Å². The van der Waals surface area contributed by atoms with Crippen LogP contribution >= 0.6 is 11.8 Å². The van der Waals surface area contributed by atoms with Gasteiger partial charge in [-0.2, -0.15) is 4.98 Å². The molecule has 0 aliphatic rings. The molecule has 0 aliphatic carbocycles. The highest BCUT2D eigenvalue weighted by atomic mass is 32.2. The topological polar surface area (TPSA) is 101 Å². The maximum Gasteiger partial charge on any atom is 0.322 e. The average molecular weight is 300 g/mol. The maximum atomic E-state index is 11.1. The molecule has 2 N–H and O–H groups in total. The second-order valence-electron chi connectivity index (χ2n) is 4.41. The molecule has 1 atom stereocenters. The van der Waals surface area contributed by atoms with Gasteiger partial charge in [0.25, 0.3) is 0 Å². The Morgan fingerprint density at radius 3 is 2.75 bits per heavy atom. The predicted octanol–water partition coefficient (Wildman–Crippen LogP) is 2.38. The molecule has 0 saturated heterocycles. The molecular formula is C12H20N4O3S. The van der Waals surface area contributed by atoms with Crippen molar-refractivity contribution in [2.24, 2.45) is 0 Å². The maximum absolute atomic E-state index is 11.1. The van der Waals surface area contributed by atoms with Crippen LogP contribution in [0.5, 0.6) is 0 Å². The van der Waals surface area contributed by atoms with E-state index >= 15 is 0 Å². The van der Waals surface area contributed by atoms with Crippen molar-refractivity contribution < 1.29 is 10.0 Å². The lowest BCUT2D eigenvalue weighted by molar-refractivity contribution is -0.389. The van der Waals surface area contributed by atoms with Crippen molar-refractivity contribution in [2.75, 3.05) is 18.5 Å². The van der Waals surface area contributed by atoms with Gasteiger partial charge in [-0.1, -0.05) is 25.6 Å². The van der Waals surface area contributed by atoms with Crippen LogP contribution in [0, 0.1) is 17.0 Å². The number of aromatic nitrogens is 2. The molecule has 0 saturated carbocycles. The quantitative estimate of drug-likeness (QED) is 0.329. The minimum absolute atomic E-state index is 0.0482. The third-order valence-corrected chi connectivity index (χ3v) is 3.74. The largest absolute Gasteiger partial charge is 0.396 e. The van der Waals surface area contributed by atoms with Crippen molar-refractivity contribution in [3.05, 3.63) is 15.8 Å². The molecule has 0 fully saturated rings. The van der Waals surface area contributed by atoms with Crippen molar-refractivity contribution in [2.45, 2.75) is 43.9 Å². The van der Waals surface area contributed by atoms with Crippen molar-refractivity contribution in [1.29, 1.82) is 0 Å². The third-order valence-electron chi connectivity index (χ3n) is 2.59. The third kappa shape index (κ3) is 4.61. The Hall–Kier alpha value is -1.41. The van der Waals surface area contributed by atoms with Gasteiger partial charge < -0.3 is 10.4 Å². The lowest BCUT2D eigenvalue weighted by Gasteiger charge is -2.11. The minimum atomic E-state index is -0.451. The Morgan fingerprint density at radius 2 is 2.20 bits per heavy atom. The normalized spacial score (nSPS) is 12.2. The molecule has 0 radical (unpaired) electrons. The minimum Gasteiger partial charge on any atom is -0.396 e. The summed E-state index contributed by atoms with van der Waals surface area (Å²) in [5.41, 5.74) is 0.295. The van der Waals surface area contributed by atoms with Gasteiger partial charge in [0.15, 0.2) is 5.03 Å². The van der Waals surface area contributed by atoms with E-state index in [1.807, 2.05) is 13.8 Å². The fraction of sp³-hybridized carbons (Fsp3) is 0.667. The Bertz CT molecular complexity index is 470. The summed E-state index contributed by atoms with van der Waals surface area (Å²) < 4.78 is 0. The fourth-order valence-corrected chi connectivity index (χ4v) is 2.66. The summed E-state index contributed by atoms with van der Waals surface area (Å²) in [6, 6.07) is 0. The molecule has 1 aromatic rings. The number of rotatable bonds is 8. The van der Waals surface area contributed by atoms with Gasteiger partial charge in [0, 0.05) is 18.4 Å². The smallest absolute Gasteiger partial charge is 0.322 e. The van der Waals surface area contributed by atoms with Crippen LogP contribution in [0.1, 0.15) is 32.4 Å². The van der Waals surface area contributed by atoms with Gasteiger partial charge in [-0.05, 0) is 19.8 Å². The summed E-state index contributed by atoms with van der Waals surface area (Å²) in [5.74, 6) is 0.411. The van der Waals surface area contributed by atoms with Gasteiger partial charge in [0.05, 0.1) is 4.92 Å². The zero-order valence-electron chi connectivity index (χ0n) is 11.9. The summed E-state index contributed by atoms with van der Waals surface area (Å²) in [6.45, 7) is 6.30. The van der Waals surface area contributed by atoms with E-state index in [0.29, 0.717) is 29.6 Å². The molecule has 0 amide bonds. The van der Waals surface area contributed by atoms with Crippen LogP contribution in [-0.4, -0.2) is 38.4 Å². The zero-order chi connectivity index (χ0) is 15.1. The predicted molar refractivity (Wildman–Crippen MR) is 79.2 cm³/mol. The average Bonchev–Trinajstić information content (AvgIpc) is 2.35. The molecule has 0 aromatic carbocycles. The summed E-state index contributed by atoms with van der Waals surface area (Å²) >= 11 is 1.29. The zero-order valence-corrected chi connectivity index (χ0v) is 12.7. The molecule has 0 spiro atoms. The van der Waals surface area contributed by atoms with Crippen molar-refractivity contribution in [3.63, 3.8) is 0 Å². The van der Waals surface area contributed by atoms with Crippen LogP contribution in [0.4, 0.5) is 11.6 Å². The van der Waals surface area contributed by atoms with Gasteiger partial charge in [-0.25, -0.2) is 4.98 Å². The molecule has 1 heterocycles. The van der Waals surface area contributed by atoms with E-state index in [9.17, 15) is 10.1 Å². The van der Waals surface area contributed by atoms with E-state index in [0.717, 1.165) is 6.42 Å². The van der Waals surface area contributed by atoms with E-state index < -0.39 is 4.92 Å². The number of anilines is 1. The highest BCUT2D eigenvalue weighted by Gasteiger charge is 2.23. The lowest BCUT2D eigenvalue weighted by atomic mass is 10.3. The molecule has 0 aliphatic heterocycles. The van der Waals surface area contributed by atoms with Crippen LogP contribution in [0.15, 0.2) is 5.03 Å². The van der Waals surface area contributed by atoms with Gasteiger partial charge in [-0.3, -0.25) is 10.1 Å². The Balaban J connectivity index is 3.08. The van der Waals surface area contributed by atoms with Crippen molar-refractivity contribution in [1.82, 2.24) is 9.97 Å². The molecule has 8 heteroatoms.